The molecule has 0 aliphatic carbocycles. The van der Waals surface area contributed by atoms with Crippen molar-refractivity contribution in [1.29, 1.82) is 10.8 Å². The maximum Gasteiger partial charge on any atom is 0.229 e. The Labute approximate surface area is 163 Å². The van der Waals surface area contributed by atoms with E-state index in [1.807, 2.05) is 13.0 Å². The lowest BCUT2D eigenvalue weighted by Gasteiger charge is -2.32. The molecule has 6 heteroatoms. The van der Waals surface area contributed by atoms with Crippen molar-refractivity contribution in [1.82, 2.24) is 9.55 Å². The summed E-state index contributed by atoms with van der Waals surface area (Å²) < 4.78 is 16.2. The highest BCUT2D eigenvalue weighted by Crippen LogP contribution is 2.37. The van der Waals surface area contributed by atoms with Crippen LogP contribution in [0.2, 0.25) is 0 Å². The van der Waals surface area contributed by atoms with E-state index in [1.165, 1.54) is 21.8 Å². The summed E-state index contributed by atoms with van der Waals surface area (Å²) in [5.74, 6) is 0.333. The number of anilines is 2. The third-order valence-electron chi connectivity index (χ3n) is 5.49. The highest BCUT2D eigenvalue weighted by molar-refractivity contribution is 5.95. The lowest BCUT2D eigenvalue weighted by Crippen LogP contribution is -2.31. The molecule has 1 aliphatic rings. The van der Waals surface area contributed by atoms with Crippen LogP contribution in [0.25, 0.3) is 10.9 Å². The van der Waals surface area contributed by atoms with Crippen molar-refractivity contribution in [3.63, 3.8) is 0 Å². The van der Waals surface area contributed by atoms with E-state index in [-0.39, 0.29) is 11.4 Å². The molecule has 0 atom stereocenters. The van der Waals surface area contributed by atoms with Crippen LogP contribution in [0.4, 0.5) is 15.9 Å². The van der Waals surface area contributed by atoms with Gasteiger partial charge in [-0.15, -0.1) is 0 Å². The molecule has 1 aromatic heterocycles. The Kier molecular flexibility index (Phi) is 4.71. The summed E-state index contributed by atoms with van der Waals surface area (Å²) in [5.41, 5.74) is 4.82. The number of hydrogen-bond acceptors (Lipinski definition) is 4. The molecule has 0 spiro atoms. The summed E-state index contributed by atoms with van der Waals surface area (Å²) >= 11 is 0. The van der Waals surface area contributed by atoms with Crippen LogP contribution in [0.15, 0.2) is 30.3 Å². The molecular weight excluding hydrogens is 353 g/mol. The molecule has 5 nitrogen and oxygen atoms in total. The zero-order valence-corrected chi connectivity index (χ0v) is 16.2. The second-order valence-corrected chi connectivity index (χ2v) is 7.30. The van der Waals surface area contributed by atoms with Gasteiger partial charge in [-0.25, -0.2) is 4.39 Å². The smallest absolute Gasteiger partial charge is 0.229 e. The minimum absolute atomic E-state index is 0.0219. The molecule has 144 valence electrons. The number of benzene rings is 2. The van der Waals surface area contributed by atoms with Gasteiger partial charge in [0.1, 0.15) is 11.6 Å². The number of rotatable bonds is 4. The molecule has 1 aliphatic heterocycles. The van der Waals surface area contributed by atoms with Gasteiger partial charge in [-0.2, -0.15) is 4.98 Å². The molecule has 0 saturated carbocycles. The highest BCUT2D eigenvalue weighted by Gasteiger charge is 2.23. The average Bonchev–Trinajstić information content (AvgIpc) is 2.69. The van der Waals surface area contributed by atoms with Gasteiger partial charge in [0.15, 0.2) is 0 Å². The van der Waals surface area contributed by atoms with Crippen molar-refractivity contribution in [2.24, 2.45) is 0 Å². The highest BCUT2D eigenvalue weighted by atomic mass is 19.1. The molecule has 28 heavy (non-hydrogen) atoms. The minimum atomic E-state index is -0.256. The van der Waals surface area contributed by atoms with Crippen LogP contribution in [0.1, 0.15) is 36.5 Å². The van der Waals surface area contributed by atoms with Gasteiger partial charge in [0.25, 0.3) is 0 Å². The SMILES string of the molecule is CCCc1cc2c(cc1F)c(N1CCCc3c(C)cccc31)nc(=N)n2C=N. The normalized spacial score (nSPS) is 13.6. The number of fused-ring (bicyclic) bond motifs is 2. The van der Waals surface area contributed by atoms with Gasteiger partial charge < -0.3 is 4.90 Å². The third-order valence-corrected chi connectivity index (χ3v) is 5.49. The quantitative estimate of drug-likeness (QED) is 0.521. The van der Waals surface area contributed by atoms with Crippen LogP contribution in [0, 0.1) is 23.6 Å². The predicted molar refractivity (Wildman–Crippen MR) is 110 cm³/mol. The average molecular weight is 377 g/mol. The van der Waals surface area contributed by atoms with E-state index in [0.717, 1.165) is 37.8 Å². The van der Waals surface area contributed by atoms with Crippen LogP contribution in [-0.4, -0.2) is 22.4 Å². The van der Waals surface area contributed by atoms with Crippen molar-refractivity contribution in [2.75, 3.05) is 11.4 Å². The van der Waals surface area contributed by atoms with Gasteiger partial charge in [-0.3, -0.25) is 15.4 Å². The summed E-state index contributed by atoms with van der Waals surface area (Å²) in [6, 6.07) is 9.49. The van der Waals surface area contributed by atoms with Crippen LogP contribution >= 0.6 is 0 Å². The number of nitrogens with one attached hydrogen (secondary N) is 2. The first kappa shape index (κ1) is 18.3. The van der Waals surface area contributed by atoms with Crippen molar-refractivity contribution in [3.8, 4) is 0 Å². The fraction of sp³-hybridized carbons (Fsp3) is 0.318. The van der Waals surface area contributed by atoms with Gasteiger partial charge in [-0.1, -0.05) is 25.5 Å². The van der Waals surface area contributed by atoms with Crippen LogP contribution < -0.4 is 10.5 Å². The number of nitrogens with zero attached hydrogens (tertiary/aromatic N) is 3. The lowest BCUT2D eigenvalue weighted by molar-refractivity contribution is 0.609. The maximum absolute atomic E-state index is 14.8. The van der Waals surface area contributed by atoms with Crippen LogP contribution in [0.3, 0.4) is 0 Å². The summed E-state index contributed by atoms with van der Waals surface area (Å²) in [6.07, 6.45) is 4.51. The van der Waals surface area contributed by atoms with Crippen LogP contribution in [0.5, 0.6) is 0 Å². The summed E-state index contributed by atoms with van der Waals surface area (Å²) in [7, 11) is 0. The Morgan fingerprint density at radius 2 is 2.11 bits per heavy atom. The van der Waals surface area contributed by atoms with Gasteiger partial charge >= 0.3 is 0 Å². The van der Waals surface area contributed by atoms with E-state index < -0.39 is 0 Å². The zero-order valence-electron chi connectivity index (χ0n) is 16.2. The van der Waals surface area contributed by atoms with Gasteiger partial charge in [0, 0.05) is 17.6 Å². The molecule has 3 aromatic rings. The largest absolute Gasteiger partial charge is 0.325 e. The topological polar surface area (TPSA) is 68.8 Å². The van der Waals surface area contributed by atoms with E-state index in [4.69, 9.17) is 10.8 Å². The molecule has 4 rings (SSSR count). The third kappa shape index (κ3) is 2.89. The van der Waals surface area contributed by atoms with E-state index in [1.54, 1.807) is 6.07 Å². The first-order chi connectivity index (χ1) is 13.5. The van der Waals surface area contributed by atoms with E-state index in [0.29, 0.717) is 28.7 Å². The molecule has 2 aromatic carbocycles. The second-order valence-electron chi connectivity index (χ2n) is 7.30. The van der Waals surface area contributed by atoms with Gasteiger partial charge in [0.05, 0.1) is 11.9 Å². The van der Waals surface area contributed by atoms with Crippen molar-refractivity contribution >= 4 is 28.7 Å². The predicted octanol–water partition coefficient (Wildman–Crippen LogP) is 4.46. The Balaban J connectivity index is 2.02. The first-order valence-electron chi connectivity index (χ1n) is 9.71. The molecule has 2 N–H and O–H groups in total. The molecule has 0 bridgehead atoms. The summed E-state index contributed by atoms with van der Waals surface area (Å²) in [5, 5.41) is 16.7. The molecule has 2 heterocycles. The molecule has 0 saturated heterocycles. The number of aryl methyl sites for hydroxylation is 2. The zero-order chi connectivity index (χ0) is 19.8. The number of halogens is 1. The Morgan fingerprint density at radius 1 is 1.29 bits per heavy atom. The monoisotopic (exact) mass is 377 g/mol. The van der Waals surface area contributed by atoms with Crippen molar-refractivity contribution in [2.45, 2.75) is 39.5 Å². The van der Waals surface area contributed by atoms with Crippen molar-refractivity contribution < 1.29 is 4.39 Å². The van der Waals surface area contributed by atoms with Gasteiger partial charge in [0.2, 0.25) is 5.62 Å². The molecule has 0 amide bonds. The molecule has 0 fully saturated rings. The van der Waals surface area contributed by atoms with Crippen LogP contribution in [-0.2, 0) is 12.8 Å². The second kappa shape index (κ2) is 7.19. The maximum atomic E-state index is 14.8. The number of hydrogen-bond donors (Lipinski definition) is 2. The van der Waals surface area contributed by atoms with E-state index in [9.17, 15) is 4.39 Å². The van der Waals surface area contributed by atoms with Crippen molar-refractivity contribution in [3.05, 3.63) is 58.5 Å². The fourth-order valence-electron chi connectivity index (χ4n) is 4.13. The first-order valence-corrected chi connectivity index (χ1v) is 9.71. The Morgan fingerprint density at radius 3 is 2.86 bits per heavy atom. The standard InChI is InChI=1S/C22H24FN5/c1-3-6-15-11-20-17(12-18(15)23)21(26-22(25)28(20)13-24)27-10-5-8-16-14(2)7-4-9-19(16)27/h4,7,9,11-13,24-25H,3,5-6,8,10H2,1-2H3. The summed E-state index contributed by atoms with van der Waals surface area (Å²) in [6.45, 7) is 4.88. The van der Waals surface area contributed by atoms with Gasteiger partial charge in [-0.05, 0) is 61.1 Å². The van der Waals surface area contributed by atoms with E-state index >= 15 is 0 Å². The Bertz CT molecular complexity index is 1130. The lowest BCUT2D eigenvalue weighted by atomic mass is 9.96. The molecule has 0 unspecified atom stereocenters. The molecule has 0 radical (unpaired) electrons. The minimum Gasteiger partial charge on any atom is -0.325 e. The fourth-order valence-corrected chi connectivity index (χ4v) is 4.13. The van der Waals surface area contributed by atoms with E-state index in [2.05, 4.69) is 28.9 Å². The summed E-state index contributed by atoms with van der Waals surface area (Å²) in [4.78, 5) is 6.58. The molecular formula is C22H24FN5. The Hall–Kier alpha value is -3.02. The number of aromatic nitrogens is 2.